The minimum atomic E-state index is -3.70. The number of pyridine rings is 1. The fourth-order valence-electron chi connectivity index (χ4n) is 2.72. The summed E-state index contributed by atoms with van der Waals surface area (Å²) in [5.41, 5.74) is 5.03. The molecule has 4 N–H and O–H groups in total. The molecule has 0 fully saturated rings. The molecule has 0 atom stereocenters. The van der Waals surface area contributed by atoms with Gasteiger partial charge in [0, 0.05) is 42.1 Å². The molecule has 2 rings (SSSR count). The Morgan fingerprint density at radius 2 is 1.85 bits per heavy atom. The topological polar surface area (TPSA) is 125 Å². The van der Waals surface area contributed by atoms with Crippen molar-refractivity contribution in [2.45, 2.75) is 38.1 Å². The first-order chi connectivity index (χ1) is 12.6. The van der Waals surface area contributed by atoms with E-state index in [4.69, 9.17) is 5.73 Å². The van der Waals surface area contributed by atoms with E-state index in [0.717, 1.165) is 6.07 Å². The van der Waals surface area contributed by atoms with E-state index in [0.29, 0.717) is 24.0 Å². The predicted molar refractivity (Wildman–Crippen MR) is 105 cm³/mol. The number of benzene rings is 1. The van der Waals surface area contributed by atoms with Gasteiger partial charge in [-0.2, -0.15) is 4.31 Å². The maximum Gasteiger partial charge on any atom is 0.252 e. The predicted octanol–water partition coefficient (Wildman–Crippen LogP) is 1.03. The highest BCUT2D eigenvalue weighted by atomic mass is 32.2. The molecule has 27 heavy (non-hydrogen) atoms. The minimum absolute atomic E-state index is 0.0675. The number of amides is 1. The van der Waals surface area contributed by atoms with Gasteiger partial charge in [0.05, 0.1) is 10.5 Å². The van der Waals surface area contributed by atoms with Crippen molar-refractivity contribution in [2.75, 3.05) is 19.6 Å². The summed E-state index contributed by atoms with van der Waals surface area (Å²) in [6.07, 6.45) is 0. The lowest BCUT2D eigenvalue weighted by atomic mass is 10.0. The molecule has 1 heterocycles. The van der Waals surface area contributed by atoms with Crippen LogP contribution in [0.2, 0.25) is 0 Å². The van der Waals surface area contributed by atoms with Crippen LogP contribution in [0.15, 0.2) is 34.0 Å². The molecule has 0 saturated heterocycles. The number of H-pyrrole nitrogens is 1. The maximum absolute atomic E-state index is 12.8. The lowest BCUT2D eigenvalue weighted by Crippen LogP contribution is -2.49. The van der Waals surface area contributed by atoms with Crippen molar-refractivity contribution < 1.29 is 13.2 Å². The van der Waals surface area contributed by atoms with Crippen molar-refractivity contribution in [3.63, 3.8) is 0 Å². The molecule has 1 amide bonds. The van der Waals surface area contributed by atoms with Gasteiger partial charge in [0.1, 0.15) is 0 Å². The van der Waals surface area contributed by atoms with Gasteiger partial charge in [0.2, 0.25) is 15.6 Å². The molecule has 148 valence electrons. The Morgan fingerprint density at radius 3 is 2.41 bits per heavy atom. The van der Waals surface area contributed by atoms with Gasteiger partial charge >= 0.3 is 0 Å². The fraction of sp³-hybridized carbons (Fsp3) is 0.444. The summed E-state index contributed by atoms with van der Waals surface area (Å²) >= 11 is 0. The number of fused-ring (bicyclic) bond motifs is 1. The molecule has 0 unspecified atom stereocenters. The third-order valence-electron chi connectivity index (χ3n) is 4.36. The number of rotatable bonds is 7. The number of nitrogens with two attached hydrogens (primary N) is 1. The monoisotopic (exact) mass is 394 g/mol. The highest BCUT2D eigenvalue weighted by molar-refractivity contribution is 7.89. The van der Waals surface area contributed by atoms with Crippen molar-refractivity contribution in [3.05, 3.63) is 40.2 Å². The van der Waals surface area contributed by atoms with Crippen LogP contribution in [-0.2, 0) is 10.0 Å². The molecule has 9 heteroatoms. The van der Waals surface area contributed by atoms with E-state index in [1.54, 1.807) is 27.7 Å². The van der Waals surface area contributed by atoms with Gasteiger partial charge < -0.3 is 16.0 Å². The average molecular weight is 394 g/mol. The minimum Gasteiger partial charge on any atom is -0.346 e. The van der Waals surface area contributed by atoms with E-state index >= 15 is 0 Å². The SMILES string of the molecule is CCN(CC)S(=O)(=O)c1ccc2[nH]c(=O)cc(C(=O)NC(C)(C)CN)c2c1. The largest absolute Gasteiger partial charge is 0.346 e. The summed E-state index contributed by atoms with van der Waals surface area (Å²) in [5.74, 6) is -0.487. The van der Waals surface area contributed by atoms with Gasteiger partial charge in [-0.3, -0.25) is 9.59 Å². The number of nitrogens with zero attached hydrogens (tertiary/aromatic N) is 1. The molecule has 2 aromatic rings. The van der Waals surface area contributed by atoms with Crippen molar-refractivity contribution in [3.8, 4) is 0 Å². The maximum atomic E-state index is 12.8. The molecule has 0 aliphatic carbocycles. The third kappa shape index (κ3) is 4.37. The zero-order valence-corrected chi connectivity index (χ0v) is 16.8. The van der Waals surface area contributed by atoms with Crippen molar-refractivity contribution in [1.82, 2.24) is 14.6 Å². The van der Waals surface area contributed by atoms with Crippen LogP contribution in [-0.4, -0.2) is 48.8 Å². The molecular weight excluding hydrogens is 368 g/mol. The summed E-state index contributed by atoms with van der Waals surface area (Å²) in [4.78, 5) is 27.3. The number of aromatic amines is 1. The van der Waals surface area contributed by atoms with Gasteiger partial charge in [0.15, 0.2) is 0 Å². The smallest absolute Gasteiger partial charge is 0.252 e. The van der Waals surface area contributed by atoms with Gasteiger partial charge in [-0.1, -0.05) is 13.8 Å². The van der Waals surface area contributed by atoms with Gasteiger partial charge in [0.25, 0.3) is 5.91 Å². The van der Waals surface area contributed by atoms with Gasteiger partial charge in [-0.05, 0) is 32.0 Å². The highest BCUT2D eigenvalue weighted by Crippen LogP contribution is 2.23. The molecular formula is C18H26N4O4S. The Hall–Kier alpha value is -2.23. The van der Waals surface area contributed by atoms with Gasteiger partial charge in [-0.15, -0.1) is 0 Å². The Balaban J connectivity index is 2.65. The highest BCUT2D eigenvalue weighted by Gasteiger charge is 2.24. The number of aromatic nitrogens is 1. The third-order valence-corrected chi connectivity index (χ3v) is 6.41. The van der Waals surface area contributed by atoms with Crippen LogP contribution in [0.25, 0.3) is 10.9 Å². The zero-order chi connectivity index (χ0) is 20.4. The Bertz CT molecular complexity index is 1010. The van der Waals surface area contributed by atoms with Crippen molar-refractivity contribution >= 4 is 26.8 Å². The standard InChI is InChI=1S/C18H26N4O4S/c1-5-22(6-2)27(25,26)12-7-8-15-13(9-12)14(10-16(23)20-15)17(24)21-18(3,4)11-19/h7-10H,5-6,11,19H2,1-4H3,(H,20,23)(H,21,24). The van der Waals surface area contributed by atoms with E-state index in [2.05, 4.69) is 10.3 Å². The molecule has 0 radical (unpaired) electrons. The quantitative estimate of drug-likeness (QED) is 0.647. The molecule has 0 bridgehead atoms. The molecule has 0 spiro atoms. The zero-order valence-electron chi connectivity index (χ0n) is 16.0. The Morgan fingerprint density at radius 1 is 1.22 bits per heavy atom. The number of nitrogens with one attached hydrogen (secondary N) is 2. The Labute approximate surface area is 158 Å². The van der Waals surface area contributed by atoms with Crippen LogP contribution in [0, 0.1) is 0 Å². The van der Waals surface area contributed by atoms with Crippen LogP contribution in [0.1, 0.15) is 38.1 Å². The normalized spacial score (nSPS) is 12.5. The summed E-state index contributed by atoms with van der Waals surface area (Å²) in [6.45, 7) is 7.91. The molecule has 0 aliphatic heterocycles. The molecule has 0 aliphatic rings. The summed E-state index contributed by atoms with van der Waals surface area (Å²) in [6, 6.07) is 5.51. The van der Waals surface area contributed by atoms with E-state index in [-0.39, 0.29) is 17.0 Å². The van der Waals surface area contributed by atoms with Crippen LogP contribution in [0.3, 0.4) is 0 Å². The van der Waals surface area contributed by atoms with Crippen LogP contribution in [0.4, 0.5) is 0 Å². The lowest BCUT2D eigenvalue weighted by molar-refractivity contribution is 0.0917. The van der Waals surface area contributed by atoms with E-state index in [1.807, 2.05) is 0 Å². The second-order valence-corrected chi connectivity index (χ2v) is 8.82. The van der Waals surface area contributed by atoms with Gasteiger partial charge in [-0.25, -0.2) is 8.42 Å². The first-order valence-corrected chi connectivity index (χ1v) is 10.2. The molecule has 0 saturated carbocycles. The summed E-state index contributed by atoms with van der Waals surface area (Å²) < 4.78 is 26.9. The van der Waals surface area contributed by atoms with Crippen LogP contribution < -0.4 is 16.6 Å². The first kappa shape index (κ1) is 21.1. The fourth-order valence-corrected chi connectivity index (χ4v) is 4.20. The second-order valence-electron chi connectivity index (χ2n) is 6.89. The number of carbonyl (C=O) groups is 1. The molecule has 1 aromatic carbocycles. The lowest BCUT2D eigenvalue weighted by Gasteiger charge is -2.24. The number of hydrogen-bond donors (Lipinski definition) is 3. The average Bonchev–Trinajstić information content (AvgIpc) is 2.60. The van der Waals surface area contributed by atoms with Crippen molar-refractivity contribution in [1.29, 1.82) is 0 Å². The van der Waals surface area contributed by atoms with Crippen LogP contribution >= 0.6 is 0 Å². The number of hydrogen-bond acceptors (Lipinski definition) is 5. The Kier molecular flexibility index (Phi) is 6.08. The molecule has 8 nitrogen and oxygen atoms in total. The van der Waals surface area contributed by atoms with E-state index in [1.165, 1.54) is 22.5 Å². The van der Waals surface area contributed by atoms with E-state index in [9.17, 15) is 18.0 Å². The van der Waals surface area contributed by atoms with Crippen LogP contribution in [0.5, 0.6) is 0 Å². The van der Waals surface area contributed by atoms with Crippen molar-refractivity contribution in [2.24, 2.45) is 5.73 Å². The number of carbonyl (C=O) groups excluding carboxylic acids is 1. The first-order valence-electron chi connectivity index (χ1n) is 8.75. The van der Waals surface area contributed by atoms with E-state index < -0.39 is 27.0 Å². The number of sulfonamides is 1. The summed E-state index contributed by atoms with van der Waals surface area (Å²) in [5, 5.41) is 3.12. The summed E-state index contributed by atoms with van der Waals surface area (Å²) in [7, 11) is -3.70. The second kappa shape index (κ2) is 7.79. The molecule has 1 aromatic heterocycles.